The molecule has 0 bridgehead atoms. The van der Waals surface area contributed by atoms with Gasteiger partial charge >= 0.3 is 0 Å². The van der Waals surface area contributed by atoms with E-state index in [0.29, 0.717) is 41.8 Å². The summed E-state index contributed by atoms with van der Waals surface area (Å²) in [5.41, 5.74) is 0.411. The van der Waals surface area contributed by atoms with Crippen molar-refractivity contribution in [1.29, 1.82) is 0 Å². The van der Waals surface area contributed by atoms with Crippen LogP contribution in [0.4, 0.5) is 0 Å². The van der Waals surface area contributed by atoms with Crippen molar-refractivity contribution in [3.05, 3.63) is 28.8 Å². The van der Waals surface area contributed by atoms with Gasteiger partial charge in [0.05, 0.1) is 31.4 Å². The Morgan fingerprint density at radius 2 is 1.85 bits per heavy atom. The summed E-state index contributed by atoms with van der Waals surface area (Å²) in [5, 5.41) is 0.472. The molecule has 0 saturated heterocycles. The highest BCUT2D eigenvalue weighted by molar-refractivity contribution is 5.81. The predicted octanol–water partition coefficient (Wildman–Crippen LogP) is 2.84. The van der Waals surface area contributed by atoms with Crippen LogP contribution in [0.5, 0.6) is 11.5 Å². The number of amides is 1. The zero-order chi connectivity index (χ0) is 19.8. The molecule has 0 fully saturated rings. The Balaban J connectivity index is 2.10. The fourth-order valence-corrected chi connectivity index (χ4v) is 3.01. The molecule has 27 heavy (non-hydrogen) atoms. The molecule has 0 aliphatic heterocycles. The highest BCUT2D eigenvalue weighted by Gasteiger charge is 2.13. The Kier molecular flexibility index (Phi) is 7.64. The predicted molar refractivity (Wildman–Crippen MR) is 106 cm³/mol. The summed E-state index contributed by atoms with van der Waals surface area (Å²) in [6.07, 6.45) is 4.63. The van der Waals surface area contributed by atoms with Crippen molar-refractivity contribution in [2.24, 2.45) is 0 Å². The Morgan fingerprint density at radius 3 is 2.48 bits per heavy atom. The second kappa shape index (κ2) is 9.94. The molecular formula is C20H29N3O4. The first-order chi connectivity index (χ1) is 13.0. The van der Waals surface area contributed by atoms with Crippen molar-refractivity contribution >= 4 is 16.8 Å². The summed E-state index contributed by atoms with van der Waals surface area (Å²) in [5.74, 6) is 1.16. The first-order valence-electron chi connectivity index (χ1n) is 9.44. The number of rotatable bonds is 10. The minimum Gasteiger partial charge on any atom is -0.493 e. The van der Waals surface area contributed by atoms with Crippen LogP contribution in [0.1, 0.15) is 39.5 Å². The Hall–Kier alpha value is -2.57. The van der Waals surface area contributed by atoms with E-state index in [-0.39, 0.29) is 11.5 Å². The zero-order valence-electron chi connectivity index (χ0n) is 16.7. The highest BCUT2D eigenvalue weighted by Crippen LogP contribution is 2.29. The summed E-state index contributed by atoms with van der Waals surface area (Å²) in [6.45, 7) is 6.07. The van der Waals surface area contributed by atoms with Gasteiger partial charge in [-0.1, -0.05) is 13.3 Å². The largest absolute Gasteiger partial charge is 0.493 e. The van der Waals surface area contributed by atoms with Crippen LogP contribution in [-0.2, 0) is 11.3 Å². The third-order valence-electron chi connectivity index (χ3n) is 4.64. The monoisotopic (exact) mass is 375 g/mol. The van der Waals surface area contributed by atoms with Crippen LogP contribution in [0.3, 0.4) is 0 Å². The van der Waals surface area contributed by atoms with Crippen LogP contribution < -0.4 is 15.0 Å². The van der Waals surface area contributed by atoms with Crippen molar-refractivity contribution in [3.8, 4) is 11.5 Å². The van der Waals surface area contributed by atoms with E-state index in [1.54, 1.807) is 23.8 Å². The number of unbranched alkanes of at least 4 members (excludes halogenated alkanes) is 1. The number of fused-ring (bicyclic) bond motifs is 1. The first kappa shape index (κ1) is 20.7. The molecule has 1 heterocycles. The zero-order valence-corrected chi connectivity index (χ0v) is 16.7. The van der Waals surface area contributed by atoms with Gasteiger partial charge < -0.3 is 14.4 Å². The van der Waals surface area contributed by atoms with Gasteiger partial charge in [-0.2, -0.15) is 0 Å². The maximum Gasteiger partial charge on any atom is 0.261 e. The maximum absolute atomic E-state index is 12.7. The number of aryl methyl sites for hydroxylation is 1. The Bertz CT molecular complexity index is 832. The van der Waals surface area contributed by atoms with Crippen LogP contribution in [0.2, 0.25) is 0 Å². The van der Waals surface area contributed by atoms with E-state index in [1.807, 2.05) is 11.8 Å². The molecule has 148 valence electrons. The van der Waals surface area contributed by atoms with Gasteiger partial charge in [0.15, 0.2) is 11.5 Å². The van der Waals surface area contributed by atoms with Gasteiger partial charge in [0.25, 0.3) is 5.56 Å². The van der Waals surface area contributed by atoms with Crippen molar-refractivity contribution in [1.82, 2.24) is 14.5 Å². The summed E-state index contributed by atoms with van der Waals surface area (Å²) >= 11 is 0. The van der Waals surface area contributed by atoms with E-state index in [0.717, 1.165) is 25.9 Å². The third kappa shape index (κ3) is 4.99. The number of nitrogens with zero attached hydrogens (tertiary/aromatic N) is 3. The topological polar surface area (TPSA) is 73.7 Å². The van der Waals surface area contributed by atoms with Crippen molar-refractivity contribution in [3.63, 3.8) is 0 Å². The number of ether oxygens (including phenoxy) is 2. The number of aromatic nitrogens is 2. The molecule has 7 heteroatoms. The van der Waals surface area contributed by atoms with E-state index >= 15 is 0 Å². The summed E-state index contributed by atoms with van der Waals surface area (Å²) < 4.78 is 12.1. The van der Waals surface area contributed by atoms with Crippen LogP contribution in [0, 0.1) is 0 Å². The van der Waals surface area contributed by atoms with Gasteiger partial charge in [-0.25, -0.2) is 4.98 Å². The molecule has 1 aromatic heterocycles. The van der Waals surface area contributed by atoms with E-state index in [9.17, 15) is 9.59 Å². The average Bonchev–Trinajstić information content (AvgIpc) is 2.69. The lowest BCUT2D eigenvalue weighted by atomic mass is 10.2. The molecule has 2 rings (SSSR count). The number of carbonyl (C=O) groups is 1. The molecule has 0 aliphatic carbocycles. The quantitative estimate of drug-likeness (QED) is 0.638. The molecule has 0 radical (unpaired) electrons. The van der Waals surface area contributed by atoms with E-state index in [2.05, 4.69) is 11.9 Å². The van der Waals surface area contributed by atoms with Gasteiger partial charge in [-0.15, -0.1) is 0 Å². The third-order valence-corrected chi connectivity index (χ3v) is 4.64. The van der Waals surface area contributed by atoms with Gasteiger partial charge in [0, 0.05) is 32.1 Å². The molecule has 0 N–H and O–H groups in total. The van der Waals surface area contributed by atoms with Gasteiger partial charge in [-0.05, 0) is 25.8 Å². The van der Waals surface area contributed by atoms with Crippen LogP contribution >= 0.6 is 0 Å². The standard InChI is InChI=1S/C20H29N3O4/c1-5-7-10-22(6-2)19(24)9-8-11-23-14-21-16-13-18(27-4)17(26-3)12-15(16)20(23)25/h12-14H,5-11H2,1-4H3. The average molecular weight is 375 g/mol. The molecule has 0 atom stereocenters. The van der Waals surface area contributed by atoms with Crippen LogP contribution in [0.25, 0.3) is 10.9 Å². The number of hydrogen-bond acceptors (Lipinski definition) is 5. The molecule has 1 amide bonds. The molecule has 0 spiro atoms. The minimum atomic E-state index is -0.147. The molecule has 0 aliphatic rings. The molecule has 2 aromatic rings. The Morgan fingerprint density at radius 1 is 1.15 bits per heavy atom. The number of benzene rings is 1. The van der Waals surface area contributed by atoms with Gasteiger partial charge in [-0.3, -0.25) is 14.2 Å². The minimum absolute atomic E-state index is 0.138. The number of methoxy groups -OCH3 is 2. The molecule has 7 nitrogen and oxygen atoms in total. The number of carbonyl (C=O) groups excluding carboxylic acids is 1. The second-order valence-corrected chi connectivity index (χ2v) is 6.40. The summed E-state index contributed by atoms with van der Waals surface area (Å²) in [4.78, 5) is 31.3. The van der Waals surface area contributed by atoms with E-state index < -0.39 is 0 Å². The second-order valence-electron chi connectivity index (χ2n) is 6.40. The van der Waals surface area contributed by atoms with Gasteiger partial charge in [0.1, 0.15) is 0 Å². The van der Waals surface area contributed by atoms with Crippen LogP contribution in [0.15, 0.2) is 23.3 Å². The van der Waals surface area contributed by atoms with Crippen LogP contribution in [-0.4, -0.2) is 47.7 Å². The lowest BCUT2D eigenvalue weighted by Gasteiger charge is -2.20. The van der Waals surface area contributed by atoms with E-state index in [4.69, 9.17) is 9.47 Å². The fraction of sp³-hybridized carbons (Fsp3) is 0.550. The molecular weight excluding hydrogens is 346 g/mol. The maximum atomic E-state index is 12.7. The van der Waals surface area contributed by atoms with Crippen molar-refractivity contribution < 1.29 is 14.3 Å². The SMILES string of the molecule is CCCCN(CC)C(=O)CCCn1cnc2cc(OC)c(OC)cc2c1=O. The lowest BCUT2D eigenvalue weighted by molar-refractivity contribution is -0.131. The molecule has 0 saturated carbocycles. The Labute approximate surface area is 159 Å². The molecule has 1 aromatic carbocycles. The number of hydrogen-bond donors (Lipinski definition) is 0. The smallest absolute Gasteiger partial charge is 0.261 e. The summed E-state index contributed by atoms with van der Waals surface area (Å²) in [7, 11) is 3.07. The van der Waals surface area contributed by atoms with Gasteiger partial charge in [0.2, 0.25) is 5.91 Å². The lowest BCUT2D eigenvalue weighted by Crippen LogP contribution is -2.32. The fourth-order valence-electron chi connectivity index (χ4n) is 3.01. The summed E-state index contributed by atoms with van der Waals surface area (Å²) in [6, 6.07) is 3.34. The normalized spacial score (nSPS) is 10.8. The molecule has 0 unspecified atom stereocenters. The van der Waals surface area contributed by atoms with E-state index in [1.165, 1.54) is 13.4 Å². The first-order valence-corrected chi connectivity index (χ1v) is 9.44. The van der Waals surface area contributed by atoms with Crippen molar-refractivity contribution in [2.45, 2.75) is 46.1 Å². The highest BCUT2D eigenvalue weighted by atomic mass is 16.5. The van der Waals surface area contributed by atoms with Crippen molar-refractivity contribution in [2.75, 3.05) is 27.3 Å².